The van der Waals surface area contributed by atoms with E-state index < -0.39 is 91.1 Å². The van der Waals surface area contributed by atoms with Crippen LogP contribution in [0, 0.1) is 11.6 Å². The van der Waals surface area contributed by atoms with Gasteiger partial charge in [-0.15, -0.1) is 11.6 Å². The number of carbonyl (C=O) groups excluding carboxylic acids is 2. The van der Waals surface area contributed by atoms with Gasteiger partial charge in [0.05, 0.1) is 24.9 Å². The number of aliphatic carboxylic acids is 1. The summed E-state index contributed by atoms with van der Waals surface area (Å²) >= 11 is 11.3. The first-order valence-corrected chi connectivity index (χ1v) is 12.7. The summed E-state index contributed by atoms with van der Waals surface area (Å²) in [5.74, 6) is -9.05. The minimum Gasteiger partial charge on any atom is -0.477 e. The SMILES string of the molecule is O=C(CCl)N[C@H]1[C@H]([C@@H](O)[C@H](O)CNC(=O)c2ccc(Cl)cc2)O[C@@](OCc2cccc(F)c2F)(C(=O)O)C[C@@H]1O. The standard InChI is InChI=1S/C25H26Cl2F2N2O9/c26-9-18(34)31-20-16(32)8-25(24(37)38,39-11-13-2-1-3-15(28)19(13)29)40-22(20)21(35)17(33)10-30-23(36)12-4-6-14(27)7-5-12/h1-7,16-17,20-22,32-33,35H,8-11H2,(H,30,36)(H,31,34)(H,37,38)/t16-,17+,20+,21-,22+,25+/m0/s1. The van der Waals surface area contributed by atoms with Gasteiger partial charge in [-0.1, -0.05) is 23.7 Å². The van der Waals surface area contributed by atoms with E-state index in [4.69, 9.17) is 32.7 Å². The number of benzene rings is 2. The highest BCUT2D eigenvalue weighted by Gasteiger charge is 2.56. The summed E-state index contributed by atoms with van der Waals surface area (Å²) in [5.41, 5.74) is -0.177. The maximum Gasteiger partial charge on any atom is 0.364 e. The van der Waals surface area contributed by atoms with Crippen molar-refractivity contribution in [1.82, 2.24) is 10.6 Å². The number of nitrogens with one attached hydrogen (secondary N) is 2. The van der Waals surface area contributed by atoms with Gasteiger partial charge in [-0.25, -0.2) is 13.6 Å². The number of rotatable bonds is 11. The van der Waals surface area contributed by atoms with Crippen molar-refractivity contribution >= 4 is 41.0 Å². The van der Waals surface area contributed by atoms with Gasteiger partial charge in [0, 0.05) is 29.1 Å². The third-order valence-corrected chi connectivity index (χ3v) is 6.64. The van der Waals surface area contributed by atoms with Crippen LogP contribution in [0.5, 0.6) is 0 Å². The fraction of sp³-hybridized carbons (Fsp3) is 0.400. The number of carbonyl (C=O) groups is 3. The molecular weight excluding hydrogens is 581 g/mol. The molecule has 15 heteroatoms. The Hall–Kier alpha value is -2.91. The summed E-state index contributed by atoms with van der Waals surface area (Å²) in [7, 11) is 0. The lowest BCUT2D eigenvalue weighted by Crippen LogP contribution is -2.68. The lowest BCUT2D eigenvalue weighted by molar-refractivity contribution is -0.314. The van der Waals surface area contributed by atoms with Crippen molar-refractivity contribution in [3.8, 4) is 0 Å². The van der Waals surface area contributed by atoms with E-state index in [1.165, 1.54) is 30.3 Å². The first kappa shape index (κ1) is 31.6. The maximum atomic E-state index is 14.1. The van der Waals surface area contributed by atoms with Gasteiger partial charge in [-0.2, -0.15) is 0 Å². The molecule has 1 heterocycles. The molecule has 40 heavy (non-hydrogen) atoms. The molecule has 1 saturated heterocycles. The van der Waals surface area contributed by atoms with Crippen LogP contribution in [0.3, 0.4) is 0 Å². The quantitative estimate of drug-likeness (QED) is 0.203. The van der Waals surface area contributed by atoms with Crippen LogP contribution in [0.2, 0.25) is 5.02 Å². The zero-order valence-electron chi connectivity index (χ0n) is 20.6. The molecule has 218 valence electrons. The van der Waals surface area contributed by atoms with Gasteiger partial charge in [0.2, 0.25) is 5.91 Å². The molecule has 6 atom stereocenters. The topological polar surface area (TPSA) is 175 Å². The summed E-state index contributed by atoms with van der Waals surface area (Å²) in [6, 6.07) is 7.41. The van der Waals surface area contributed by atoms with Gasteiger partial charge in [-0.3, -0.25) is 9.59 Å². The smallest absolute Gasteiger partial charge is 0.364 e. The fourth-order valence-corrected chi connectivity index (χ4v) is 4.24. The highest BCUT2D eigenvalue weighted by molar-refractivity contribution is 6.30. The first-order chi connectivity index (χ1) is 18.9. The lowest BCUT2D eigenvalue weighted by atomic mass is 9.88. The van der Waals surface area contributed by atoms with Gasteiger partial charge < -0.3 is 40.5 Å². The van der Waals surface area contributed by atoms with Crippen LogP contribution in [0.15, 0.2) is 42.5 Å². The van der Waals surface area contributed by atoms with Crippen molar-refractivity contribution in [3.05, 3.63) is 70.2 Å². The third-order valence-electron chi connectivity index (χ3n) is 6.15. The Kier molecular flexibility index (Phi) is 10.8. The van der Waals surface area contributed by atoms with Crippen molar-refractivity contribution in [3.63, 3.8) is 0 Å². The monoisotopic (exact) mass is 606 g/mol. The highest BCUT2D eigenvalue weighted by atomic mass is 35.5. The molecule has 0 unspecified atom stereocenters. The van der Waals surface area contributed by atoms with Crippen molar-refractivity contribution < 1.29 is 53.1 Å². The number of ether oxygens (including phenoxy) is 2. The molecule has 0 radical (unpaired) electrons. The molecule has 2 aromatic carbocycles. The Morgan fingerprint density at radius 2 is 1.82 bits per heavy atom. The molecule has 0 bridgehead atoms. The summed E-state index contributed by atoms with van der Waals surface area (Å²) in [4.78, 5) is 36.6. The predicted octanol–water partition coefficient (Wildman–Crippen LogP) is 0.941. The molecule has 2 aromatic rings. The molecule has 0 aromatic heterocycles. The molecular formula is C25H26Cl2F2N2O9. The van der Waals surface area contributed by atoms with E-state index in [9.17, 15) is 43.6 Å². The molecule has 11 nitrogen and oxygen atoms in total. The fourth-order valence-electron chi connectivity index (χ4n) is 4.03. The Bertz CT molecular complexity index is 1220. The molecule has 1 aliphatic heterocycles. The van der Waals surface area contributed by atoms with Crippen LogP contribution in [0.4, 0.5) is 8.78 Å². The molecule has 1 fully saturated rings. The summed E-state index contributed by atoms with van der Waals surface area (Å²) in [6.45, 7) is -1.38. The van der Waals surface area contributed by atoms with E-state index >= 15 is 0 Å². The second kappa shape index (κ2) is 13.6. The molecule has 1 aliphatic rings. The molecule has 6 N–H and O–H groups in total. The number of hydrogen-bond donors (Lipinski definition) is 6. The van der Waals surface area contributed by atoms with E-state index in [0.717, 1.165) is 12.1 Å². The molecule has 3 rings (SSSR count). The number of aliphatic hydroxyl groups is 3. The van der Waals surface area contributed by atoms with Gasteiger partial charge >= 0.3 is 5.97 Å². The van der Waals surface area contributed by atoms with Crippen LogP contribution >= 0.6 is 23.2 Å². The summed E-state index contributed by atoms with van der Waals surface area (Å²) < 4.78 is 38.6. The lowest BCUT2D eigenvalue weighted by Gasteiger charge is -2.46. The zero-order valence-corrected chi connectivity index (χ0v) is 22.1. The summed E-state index contributed by atoms with van der Waals surface area (Å²) in [5, 5.41) is 47.3. The van der Waals surface area contributed by atoms with E-state index in [1.807, 2.05) is 0 Å². The number of amides is 2. The van der Waals surface area contributed by atoms with E-state index in [-0.39, 0.29) is 11.1 Å². The van der Waals surface area contributed by atoms with Crippen LogP contribution < -0.4 is 10.6 Å². The minimum atomic E-state index is -2.72. The average Bonchev–Trinajstić information content (AvgIpc) is 2.93. The van der Waals surface area contributed by atoms with Crippen LogP contribution in [0.1, 0.15) is 22.3 Å². The van der Waals surface area contributed by atoms with Gasteiger partial charge in [0.1, 0.15) is 18.1 Å². The summed E-state index contributed by atoms with van der Waals surface area (Å²) in [6.07, 6.45) is -8.24. The number of hydrogen-bond acceptors (Lipinski definition) is 8. The first-order valence-electron chi connectivity index (χ1n) is 11.8. The largest absolute Gasteiger partial charge is 0.477 e. The predicted molar refractivity (Wildman–Crippen MR) is 135 cm³/mol. The number of alkyl halides is 1. The van der Waals surface area contributed by atoms with Crippen molar-refractivity contribution in [2.45, 2.75) is 49.3 Å². The van der Waals surface area contributed by atoms with E-state index in [2.05, 4.69) is 10.6 Å². The minimum absolute atomic E-state index is 0.186. The highest BCUT2D eigenvalue weighted by Crippen LogP contribution is 2.34. The Morgan fingerprint density at radius 3 is 2.45 bits per heavy atom. The van der Waals surface area contributed by atoms with Crippen molar-refractivity contribution in [2.24, 2.45) is 0 Å². The Balaban J connectivity index is 1.82. The van der Waals surface area contributed by atoms with Crippen molar-refractivity contribution in [1.29, 1.82) is 0 Å². The van der Waals surface area contributed by atoms with Crippen LogP contribution in [-0.4, -0.2) is 86.9 Å². The number of aliphatic hydroxyl groups excluding tert-OH is 3. The van der Waals surface area contributed by atoms with Gasteiger partial charge in [0.15, 0.2) is 11.6 Å². The maximum absolute atomic E-state index is 14.1. The van der Waals surface area contributed by atoms with E-state index in [0.29, 0.717) is 5.02 Å². The number of halogens is 4. The third kappa shape index (κ3) is 7.43. The number of carboxylic acid groups (broad SMARTS) is 1. The van der Waals surface area contributed by atoms with E-state index in [1.54, 1.807) is 0 Å². The zero-order chi connectivity index (χ0) is 29.6. The normalized spacial score (nSPS) is 24.1. The van der Waals surface area contributed by atoms with Gasteiger partial charge in [0.25, 0.3) is 11.7 Å². The Labute approximate surface area is 236 Å². The Morgan fingerprint density at radius 1 is 1.15 bits per heavy atom. The molecule has 0 spiro atoms. The second-order valence-corrected chi connectivity index (χ2v) is 9.62. The van der Waals surface area contributed by atoms with Crippen LogP contribution in [0.25, 0.3) is 0 Å². The molecule has 0 aliphatic carbocycles. The van der Waals surface area contributed by atoms with Crippen LogP contribution in [-0.2, 0) is 25.7 Å². The van der Waals surface area contributed by atoms with Crippen molar-refractivity contribution in [2.75, 3.05) is 12.4 Å². The second-order valence-electron chi connectivity index (χ2n) is 8.92. The molecule has 2 amide bonds. The average molecular weight is 607 g/mol. The number of carboxylic acids is 1. The molecule has 0 saturated carbocycles. The van der Waals surface area contributed by atoms with Gasteiger partial charge in [-0.05, 0) is 30.3 Å².